The van der Waals surface area contributed by atoms with E-state index in [1.807, 2.05) is 42.5 Å². The van der Waals surface area contributed by atoms with Crippen LogP contribution < -0.4 is 0 Å². The molecule has 0 unspecified atom stereocenters. The first-order valence-corrected chi connectivity index (χ1v) is 8.46. The van der Waals surface area contributed by atoms with E-state index in [0.29, 0.717) is 5.02 Å². The van der Waals surface area contributed by atoms with Gasteiger partial charge in [0.05, 0.1) is 20.6 Å². The third-order valence-corrected chi connectivity index (χ3v) is 5.36. The van der Waals surface area contributed by atoms with Gasteiger partial charge in [-0.2, -0.15) is 0 Å². The highest BCUT2D eigenvalue weighted by molar-refractivity contribution is 7.21. The minimum absolute atomic E-state index is 0.630. The van der Waals surface area contributed by atoms with Gasteiger partial charge in [-0.1, -0.05) is 54.1 Å². The van der Waals surface area contributed by atoms with Gasteiger partial charge in [0.2, 0.25) is 0 Å². The fourth-order valence-corrected chi connectivity index (χ4v) is 4.14. The molecular formula is C19H10ClNOS. The van der Waals surface area contributed by atoms with Crippen LogP contribution in [0.5, 0.6) is 0 Å². The van der Waals surface area contributed by atoms with Crippen molar-refractivity contribution < 1.29 is 4.42 Å². The summed E-state index contributed by atoms with van der Waals surface area (Å²) in [5, 5.41) is 3.70. The maximum absolute atomic E-state index is 6.27. The summed E-state index contributed by atoms with van der Waals surface area (Å²) in [5.41, 5.74) is 3.66. The van der Waals surface area contributed by atoms with E-state index in [9.17, 15) is 0 Å². The largest absolute Gasteiger partial charge is 0.454 e. The number of furan rings is 1. The number of hydrogen-bond acceptors (Lipinski definition) is 3. The van der Waals surface area contributed by atoms with Crippen LogP contribution in [0.1, 0.15) is 0 Å². The van der Waals surface area contributed by atoms with Gasteiger partial charge in [0, 0.05) is 10.9 Å². The normalized spacial score (nSPS) is 11.7. The van der Waals surface area contributed by atoms with Gasteiger partial charge < -0.3 is 4.42 Å². The molecule has 0 saturated carbocycles. The van der Waals surface area contributed by atoms with Crippen molar-refractivity contribution in [3.63, 3.8) is 0 Å². The molecule has 0 fully saturated rings. The predicted octanol–water partition coefficient (Wildman–Crippen LogP) is 6.52. The summed E-state index contributed by atoms with van der Waals surface area (Å²) >= 11 is 7.96. The Balaban J connectivity index is 1.91. The summed E-state index contributed by atoms with van der Waals surface area (Å²) in [4.78, 5) is 4.88. The number of fused-ring (bicyclic) bond motifs is 5. The monoisotopic (exact) mass is 335 g/mol. The van der Waals surface area contributed by atoms with Crippen LogP contribution in [0, 0.1) is 0 Å². The Morgan fingerprint density at radius 2 is 1.78 bits per heavy atom. The number of rotatable bonds is 1. The van der Waals surface area contributed by atoms with Crippen LogP contribution in [0.25, 0.3) is 42.7 Å². The fraction of sp³-hybridized carbons (Fsp3) is 0. The van der Waals surface area contributed by atoms with E-state index in [-0.39, 0.29) is 0 Å². The highest BCUT2D eigenvalue weighted by Gasteiger charge is 2.16. The second-order valence-corrected chi connectivity index (χ2v) is 6.83. The zero-order chi connectivity index (χ0) is 15.4. The topological polar surface area (TPSA) is 26.0 Å². The van der Waals surface area contributed by atoms with E-state index in [2.05, 4.69) is 18.2 Å². The van der Waals surface area contributed by atoms with Crippen LogP contribution in [-0.2, 0) is 0 Å². The van der Waals surface area contributed by atoms with E-state index < -0.39 is 0 Å². The number of para-hydroxylation sites is 1. The zero-order valence-electron chi connectivity index (χ0n) is 11.9. The van der Waals surface area contributed by atoms with Crippen molar-refractivity contribution >= 4 is 55.1 Å². The van der Waals surface area contributed by atoms with Crippen LogP contribution >= 0.6 is 22.9 Å². The van der Waals surface area contributed by atoms with Crippen molar-refractivity contribution in [2.24, 2.45) is 0 Å². The molecule has 0 amide bonds. The first-order chi connectivity index (χ1) is 11.3. The van der Waals surface area contributed by atoms with Gasteiger partial charge in [-0.25, -0.2) is 4.98 Å². The summed E-state index contributed by atoms with van der Waals surface area (Å²) < 4.78 is 7.09. The van der Waals surface area contributed by atoms with Gasteiger partial charge in [-0.3, -0.25) is 0 Å². The fourth-order valence-electron chi connectivity index (χ4n) is 2.94. The number of thiazole rings is 1. The lowest BCUT2D eigenvalue weighted by Gasteiger charge is -1.93. The molecule has 2 nitrogen and oxygen atoms in total. The highest BCUT2D eigenvalue weighted by atomic mass is 35.5. The van der Waals surface area contributed by atoms with Crippen LogP contribution in [0.3, 0.4) is 0 Å². The Labute approximate surface area is 140 Å². The third kappa shape index (κ3) is 1.90. The number of aromatic nitrogens is 1. The third-order valence-electron chi connectivity index (χ3n) is 3.99. The lowest BCUT2D eigenvalue weighted by Crippen LogP contribution is -1.75. The van der Waals surface area contributed by atoms with Gasteiger partial charge in [-0.15, -0.1) is 11.3 Å². The van der Waals surface area contributed by atoms with Crippen molar-refractivity contribution in [2.75, 3.05) is 0 Å². The summed E-state index contributed by atoms with van der Waals surface area (Å²) in [5.74, 6) is 0. The van der Waals surface area contributed by atoms with E-state index >= 15 is 0 Å². The summed E-state index contributed by atoms with van der Waals surface area (Å²) in [6.07, 6.45) is 0. The number of nitrogens with zero attached hydrogens (tertiary/aromatic N) is 1. The van der Waals surface area contributed by atoms with E-state index in [1.165, 1.54) is 0 Å². The molecule has 0 spiro atoms. The maximum Gasteiger partial charge on any atom is 0.154 e. The Hall–Kier alpha value is -2.36. The minimum atomic E-state index is 0.630. The van der Waals surface area contributed by atoms with Crippen molar-refractivity contribution in [1.29, 1.82) is 0 Å². The van der Waals surface area contributed by atoms with E-state index in [4.69, 9.17) is 21.0 Å². The van der Waals surface area contributed by atoms with Gasteiger partial charge in [0.15, 0.2) is 5.58 Å². The molecular weight excluding hydrogens is 326 g/mol. The maximum atomic E-state index is 6.27. The first-order valence-electron chi connectivity index (χ1n) is 7.27. The molecule has 0 aliphatic heterocycles. The summed E-state index contributed by atoms with van der Waals surface area (Å²) in [7, 11) is 0. The smallest absolute Gasteiger partial charge is 0.154 e. The van der Waals surface area contributed by atoms with Gasteiger partial charge in [0.25, 0.3) is 0 Å². The van der Waals surface area contributed by atoms with Crippen LogP contribution in [0.2, 0.25) is 5.02 Å². The Kier molecular flexibility index (Phi) is 2.75. The first kappa shape index (κ1) is 13.1. The predicted molar refractivity (Wildman–Crippen MR) is 97.3 cm³/mol. The molecule has 0 bridgehead atoms. The molecule has 0 radical (unpaired) electrons. The van der Waals surface area contributed by atoms with Gasteiger partial charge >= 0.3 is 0 Å². The number of halogens is 1. The average molecular weight is 336 g/mol. The molecule has 0 atom stereocenters. The molecule has 0 N–H and O–H groups in total. The van der Waals surface area contributed by atoms with Crippen molar-refractivity contribution in [2.45, 2.75) is 0 Å². The van der Waals surface area contributed by atoms with Gasteiger partial charge in [-0.05, 0) is 18.2 Å². The van der Waals surface area contributed by atoms with Crippen LogP contribution in [0.4, 0.5) is 0 Å². The van der Waals surface area contributed by atoms with Crippen LogP contribution in [0.15, 0.2) is 65.1 Å². The van der Waals surface area contributed by atoms with E-state index in [0.717, 1.165) is 42.7 Å². The molecule has 0 aliphatic rings. The zero-order valence-corrected chi connectivity index (χ0v) is 13.5. The molecule has 5 aromatic rings. The highest BCUT2D eigenvalue weighted by Crippen LogP contribution is 2.40. The number of hydrogen-bond donors (Lipinski definition) is 0. The van der Waals surface area contributed by atoms with Crippen molar-refractivity contribution in [1.82, 2.24) is 4.98 Å². The molecule has 3 aromatic carbocycles. The average Bonchev–Trinajstić information content (AvgIpc) is 3.17. The SMILES string of the molecule is Clc1cccc2c1oc1ccc3sc(-c4ccccc4)nc3c12. The quantitative estimate of drug-likeness (QED) is 0.348. The Bertz CT molecular complexity index is 1170. The van der Waals surface area contributed by atoms with Crippen molar-refractivity contribution in [3.05, 3.63) is 65.7 Å². The molecule has 2 aromatic heterocycles. The molecule has 4 heteroatoms. The minimum Gasteiger partial charge on any atom is -0.454 e. The summed E-state index contributed by atoms with van der Waals surface area (Å²) in [6.45, 7) is 0. The molecule has 0 saturated heterocycles. The Morgan fingerprint density at radius 1 is 0.913 bits per heavy atom. The second kappa shape index (κ2) is 4.82. The molecule has 23 heavy (non-hydrogen) atoms. The molecule has 0 aliphatic carbocycles. The molecule has 2 heterocycles. The second-order valence-electron chi connectivity index (χ2n) is 5.39. The van der Waals surface area contributed by atoms with Crippen molar-refractivity contribution in [3.8, 4) is 10.6 Å². The molecule has 5 rings (SSSR count). The summed E-state index contributed by atoms with van der Waals surface area (Å²) in [6, 6.07) is 20.1. The standard InChI is InChI=1S/C19H10ClNOS/c20-13-8-4-7-12-16-14(22-18(12)13)9-10-15-17(16)21-19(23-15)11-5-2-1-3-6-11/h1-10H. The van der Waals surface area contributed by atoms with E-state index in [1.54, 1.807) is 11.3 Å². The lowest BCUT2D eigenvalue weighted by atomic mass is 10.1. The number of benzene rings is 3. The lowest BCUT2D eigenvalue weighted by molar-refractivity contribution is 0.669. The molecule has 110 valence electrons. The van der Waals surface area contributed by atoms with Crippen LogP contribution in [-0.4, -0.2) is 4.98 Å². The Morgan fingerprint density at radius 3 is 2.65 bits per heavy atom. The van der Waals surface area contributed by atoms with Gasteiger partial charge in [0.1, 0.15) is 10.6 Å².